The number of amides is 2. The maximum Gasteiger partial charge on any atom is 0.224 e. The minimum absolute atomic E-state index is 0.0784. The van der Waals surface area contributed by atoms with Gasteiger partial charge in [0.05, 0.1) is 5.69 Å². The second kappa shape index (κ2) is 5.98. The first-order valence-electron chi connectivity index (χ1n) is 5.40. The van der Waals surface area contributed by atoms with E-state index in [2.05, 4.69) is 10.6 Å². The normalized spacial score (nSPS) is 9.82. The van der Waals surface area contributed by atoms with Gasteiger partial charge in [-0.25, -0.2) is 4.39 Å². The topological polar surface area (TPSA) is 58.2 Å². The Hall–Kier alpha value is -1.91. The van der Waals surface area contributed by atoms with E-state index in [4.69, 9.17) is 0 Å². The molecule has 17 heavy (non-hydrogen) atoms. The Kier molecular flexibility index (Phi) is 4.63. The summed E-state index contributed by atoms with van der Waals surface area (Å²) in [5, 5.41) is 4.98. The highest BCUT2D eigenvalue weighted by molar-refractivity contribution is 5.93. The summed E-state index contributed by atoms with van der Waals surface area (Å²) in [6.07, 6.45) is 1.03. The summed E-state index contributed by atoms with van der Waals surface area (Å²) >= 11 is 0. The quantitative estimate of drug-likeness (QED) is 0.846. The Bertz CT molecular complexity index is 433. The van der Waals surface area contributed by atoms with E-state index in [1.165, 1.54) is 25.1 Å². The molecule has 0 saturated heterocycles. The van der Waals surface area contributed by atoms with Crippen molar-refractivity contribution < 1.29 is 14.0 Å². The lowest BCUT2D eigenvalue weighted by Gasteiger charge is -2.08. The average molecular weight is 238 g/mol. The van der Waals surface area contributed by atoms with Gasteiger partial charge in [0.1, 0.15) is 5.82 Å². The lowest BCUT2D eigenvalue weighted by atomic mass is 10.2. The molecule has 0 aromatic heterocycles. The van der Waals surface area contributed by atoms with Crippen molar-refractivity contribution >= 4 is 23.2 Å². The van der Waals surface area contributed by atoms with Crippen molar-refractivity contribution in [3.63, 3.8) is 0 Å². The zero-order valence-electron chi connectivity index (χ0n) is 9.84. The number of nitrogens with one attached hydrogen (secondary N) is 2. The number of anilines is 2. The number of halogens is 1. The van der Waals surface area contributed by atoms with E-state index < -0.39 is 5.82 Å². The number of rotatable bonds is 4. The molecule has 5 heteroatoms. The van der Waals surface area contributed by atoms with E-state index in [-0.39, 0.29) is 17.5 Å². The van der Waals surface area contributed by atoms with Crippen LogP contribution >= 0.6 is 0 Å². The fourth-order valence-corrected chi connectivity index (χ4v) is 1.34. The van der Waals surface area contributed by atoms with Crippen molar-refractivity contribution in [1.29, 1.82) is 0 Å². The summed E-state index contributed by atoms with van der Waals surface area (Å²) in [5.74, 6) is -1.02. The molecule has 0 aliphatic rings. The second-order valence-electron chi connectivity index (χ2n) is 3.67. The third-order valence-electron chi connectivity index (χ3n) is 2.04. The van der Waals surface area contributed by atoms with Gasteiger partial charge in [0.25, 0.3) is 0 Å². The van der Waals surface area contributed by atoms with Crippen LogP contribution in [0.5, 0.6) is 0 Å². The summed E-state index contributed by atoms with van der Waals surface area (Å²) in [4.78, 5) is 22.2. The van der Waals surface area contributed by atoms with Gasteiger partial charge in [-0.1, -0.05) is 6.92 Å². The van der Waals surface area contributed by atoms with Crippen LogP contribution in [0.3, 0.4) is 0 Å². The SMILES string of the molecule is CCCC(=O)Nc1cc(NC(C)=O)ccc1F. The summed E-state index contributed by atoms with van der Waals surface area (Å²) in [7, 11) is 0. The van der Waals surface area contributed by atoms with Crippen LogP contribution in [0, 0.1) is 5.82 Å². The molecule has 0 aliphatic heterocycles. The van der Waals surface area contributed by atoms with Crippen LogP contribution in [0.15, 0.2) is 18.2 Å². The summed E-state index contributed by atoms with van der Waals surface area (Å²) in [6, 6.07) is 4.03. The standard InChI is InChI=1S/C12H15FN2O2/c1-3-4-12(17)15-11-7-9(14-8(2)16)5-6-10(11)13/h5-7H,3-4H2,1-2H3,(H,14,16)(H,15,17). The van der Waals surface area contributed by atoms with Crippen LogP contribution in [0.25, 0.3) is 0 Å². The van der Waals surface area contributed by atoms with Crippen LogP contribution in [0.4, 0.5) is 15.8 Å². The molecule has 0 bridgehead atoms. The molecular weight excluding hydrogens is 223 g/mol. The summed E-state index contributed by atoms with van der Waals surface area (Å²) in [6.45, 7) is 3.22. The third kappa shape index (κ3) is 4.22. The molecule has 1 rings (SSSR count). The lowest BCUT2D eigenvalue weighted by molar-refractivity contribution is -0.116. The zero-order valence-corrected chi connectivity index (χ0v) is 9.84. The highest BCUT2D eigenvalue weighted by atomic mass is 19.1. The van der Waals surface area contributed by atoms with Gasteiger partial charge in [0.15, 0.2) is 0 Å². The molecule has 0 heterocycles. The van der Waals surface area contributed by atoms with E-state index in [9.17, 15) is 14.0 Å². The molecule has 0 unspecified atom stereocenters. The van der Waals surface area contributed by atoms with Crippen molar-refractivity contribution in [2.75, 3.05) is 10.6 Å². The molecule has 1 aromatic rings. The molecule has 2 N–H and O–H groups in total. The van der Waals surface area contributed by atoms with E-state index in [0.29, 0.717) is 18.5 Å². The maximum atomic E-state index is 13.4. The van der Waals surface area contributed by atoms with Crippen molar-refractivity contribution in [3.8, 4) is 0 Å². The Morgan fingerprint density at radius 1 is 1.29 bits per heavy atom. The monoisotopic (exact) mass is 238 g/mol. The predicted molar refractivity (Wildman–Crippen MR) is 64.2 cm³/mol. The lowest BCUT2D eigenvalue weighted by Crippen LogP contribution is -2.13. The Labute approximate surface area is 99.2 Å². The number of hydrogen-bond donors (Lipinski definition) is 2. The third-order valence-corrected chi connectivity index (χ3v) is 2.04. The Morgan fingerprint density at radius 3 is 2.59 bits per heavy atom. The summed E-state index contributed by atoms with van der Waals surface area (Å²) in [5.41, 5.74) is 0.528. The van der Waals surface area contributed by atoms with Gasteiger partial charge in [-0.05, 0) is 24.6 Å². The van der Waals surface area contributed by atoms with Gasteiger partial charge in [-0.2, -0.15) is 0 Å². The molecule has 0 spiro atoms. The van der Waals surface area contributed by atoms with E-state index in [1.54, 1.807) is 0 Å². The van der Waals surface area contributed by atoms with Gasteiger partial charge in [-0.3, -0.25) is 9.59 Å². The zero-order chi connectivity index (χ0) is 12.8. The number of carbonyl (C=O) groups is 2. The van der Waals surface area contributed by atoms with Crippen LogP contribution in [-0.4, -0.2) is 11.8 Å². The maximum absolute atomic E-state index is 13.4. The van der Waals surface area contributed by atoms with Crippen LogP contribution in [0.2, 0.25) is 0 Å². The van der Waals surface area contributed by atoms with Crippen molar-refractivity contribution in [2.45, 2.75) is 26.7 Å². The van der Waals surface area contributed by atoms with Crippen LogP contribution in [-0.2, 0) is 9.59 Å². The number of hydrogen-bond acceptors (Lipinski definition) is 2. The van der Waals surface area contributed by atoms with Gasteiger partial charge in [-0.15, -0.1) is 0 Å². The van der Waals surface area contributed by atoms with Crippen molar-refractivity contribution in [3.05, 3.63) is 24.0 Å². The highest BCUT2D eigenvalue weighted by Crippen LogP contribution is 2.19. The molecule has 0 aliphatic carbocycles. The smallest absolute Gasteiger partial charge is 0.224 e. The van der Waals surface area contributed by atoms with Crippen LogP contribution in [0.1, 0.15) is 26.7 Å². The first-order chi connectivity index (χ1) is 8.02. The minimum Gasteiger partial charge on any atom is -0.326 e. The van der Waals surface area contributed by atoms with E-state index >= 15 is 0 Å². The minimum atomic E-state index is -0.524. The Balaban J connectivity index is 2.83. The molecule has 0 saturated carbocycles. The fourth-order valence-electron chi connectivity index (χ4n) is 1.34. The average Bonchev–Trinajstić information content (AvgIpc) is 2.22. The van der Waals surface area contributed by atoms with Gasteiger partial charge < -0.3 is 10.6 Å². The number of benzene rings is 1. The largest absolute Gasteiger partial charge is 0.326 e. The van der Waals surface area contributed by atoms with E-state index in [1.807, 2.05) is 6.92 Å². The number of carbonyl (C=O) groups excluding carboxylic acids is 2. The second-order valence-corrected chi connectivity index (χ2v) is 3.67. The highest BCUT2D eigenvalue weighted by Gasteiger charge is 2.07. The van der Waals surface area contributed by atoms with Gasteiger partial charge >= 0.3 is 0 Å². The predicted octanol–water partition coefficient (Wildman–Crippen LogP) is 2.52. The molecule has 0 radical (unpaired) electrons. The Morgan fingerprint density at radius 2 is 2.00 bits per heavy atom. The van der Waals surface area contributed by atoms with Crippen molar-refractivity contribution in [2.24, 2.45) is 0 Å². The molecule has 1 aromatic carbocycles. The fraction of sp³-hybridized carbons (Fsp3) is 0.333. The molecule has 2 amide bonds. The van der Waals surface area contributed by atoms with E-state index in [0.717, 1.165) is 0 Å². The molecule has 0 fully saturated rings. The summed E-state index contributed by atoms with van der Waals surface area (Å²) < 4.78 is 13.4. The molecule has 0 atom stereocenters. The molecular formula is C12H15FN2O2. The van der Waals surface area contributed by atoms with Gasteiger partial charge in [0, 0.05) is 19.0 Å². The first kappa shape index (κ1) is 13.2. The molecule has 4 nitrogen and oxygen atoms in total. The molecule has 92 valence electrons. The first-order valence-corrected chi connectivity index (χ1v) is 5.40. The van der Waals surface area contributed by atoms with Gasteiger partial charge in [0.2, 0.25) is 11.8 Å². The van der Waals surface area contributed by atoms with Crippen molar-refractivity contribution in [1.82, 2.24) is 0 Å². The van der Waals surface area contributed by atoms with Crippen LogP contribution < -0.4 is 10.6 Å².